The molecule has 2 heterocycles. The fourth-order valence-corrected chi connectivity index (χ4v) is 2.15. The zero-order chi connectivity index (χ0) is 11.7. The Morgan fingerprint density at radius 2 is 2.06 bits per heavy atom. The van der Waals surface area contributed by atoms with E-state index in [1.54, 1.807) is 7.11 Å². The van der Waals surface area contributed by atoms with Gasteiger partial charge in [-0.25, -0.2) is 0 Å². The van der Waals surface area contributed by atoms with E-state index in [-0.39, 0.29) is 0 Å². The van der Waals surface area contributed by atoms with Gasteiger partial charge in [0, 0.05) is 24.6 Å². The van der Waals surface area contributed by atoms with Gasteiger partial charge in [-0.2, -0.15) is 9.97 Å². The van der Waals surface area contributed by atoms with E-state index >= 15 is 0 Å². The SMILES string of the molecule is COc1nc2c(c(NC3CC3)n1)CCNCC2. The summed E-state index contributed by atoms with van der Waals surface area (Å²) in [6.45, 7) is 1.98. The highest BCUT2D eigenvalue weighted by atomic mass is 16.5. The van der Waals surface area contributed by atoms with E-state index in [0.29, 0.717) is 12.1 Å². The van der Waals surface area contributed by atoms with Crippen LogP contribution in [0, 0.1) is 0 Å². The van der Waals surface area contributed by atoms with Crippen molar-refractivity contribution in [1.82, 2.24) is 15.3 Å². The van der Waals surface area contributed by atoms with Crippen LogP contribution in [-0.2, 0) is 12.8 Å². The van der Waals surface area contributed by atoms with E-state index in [0.717, 1.165) is 37.4 Å². The van der Waals surface area contributed by atoms with Gasteiger partial charge in [-0.05, 0) is 25.8 Å². The van der Waals surface area contributed by atoms with E-state index in [1.165, 1.54) is 18.4 Å². The number of nitrogens with one attached hydrogen (secondary N) is 2. The number of methoxy groups -OCH3 is 1. The van der Waals surface area contributed by atoms with Crippen LogP contribution in [0.5, 0.6) is 6.01 Å². The lowest BCUT2D eigenvalue weighted by Crippen LogP contribution is -2.16. The molecule has 1 aliphatic heterocycles. The van der Waals surface area contributed by atoms with E-state index in [1.807, 2.05) is 0 Å². The molecule has 1 aromatic heterocycles. The number of aromatic nitrogens is 2. The summed E-state index contributed by atoms with van der Waals surface area (Å²) in [5.41, 5.74) is 2.40. The lowest BCUT2D eigenvalue weighted by Gasteiger charge is -2.13. The van der Waals surface area contributed by atoms with Crippen molar-refractivity contribution in [3.63, 3.8) is 0 Å². The summed E-state index contributed by atoms with van der Waals surface area (Å²) in [4.78, 5) is 8.92. The third-order valence-corrected chi connectivity index (χ3v) is 3.26. The molecule has 17 heavy (non-hydrogen) atoms. The van der Waals surface area contributed by atoms with Gasteiger partial charge in [0.25, 0.3) is 0 Å². The van der Waals surface area contributed by atoms with E-state index in [2.05, 4.69) is 20.6 Å². The Kier molecular flexibility index (Phi) is 2.84. The van der Waals surface area contributed by atoms with Crippen LogP contribution in [0.25, 0.3) is 0 Å². The molecule has 92 valence electrons. The van der Waals surface area contributed by atoms with Crippen molar-refractivity contribution >= 4 is 5.82 Å². The summed E-state index contributed by atoms with van der Waals surface area (Å²) in [6.07, 6.45) is 4.45. The molecule has 0 unspecified atom stereocenters. The first-order valence-electron chi connectivity index (χ1n) is 6.28. The highest BCUT2D eigenvalue weighted by Crippen LogP contribution is 2.28. The topological polar surface area (TPSA) is 59.1 Å². The van der Waals surface area contributed by atoms with E-state index < -0.39 is 0 Å². The molecule has 0 saturated heterocycles. The molecule has 3 rings (SSSR count). The fourth-order valence-electron chi connectivity index (χ4n) is 2.15. The molecule has 1 aliphatic carbocycles. The monoisotopic (exact) mass is 234 g/mol. The summed E-state index contributed by atoms with van der Waals surface area (Å²) in [5.74, 6) is 0.984. The van der Waals surface area contributed by atoms with Crippen molar-refractivity contribution in [1.29, 1.82) is 0 Å². The van der Waals surface area contributed by atoms with Gasteiger partial charge < -0.3 is 15.4 Å². The molecule has 5 heteroatoms. The molecule has 2 aliphatic rings. The van der Waals surface area contributed by atoms with Crippen molar-refractivity contribution in [3.05, 3.63) is 11.3 Å². The summed E-state index contributed by atoms with van der Waals surface area (Å²) < 4.78 is 5.18. The van der Waals surface area contributed by atoms with Crippen molar-refractivity contribution in [2.45, 2.75) is 31.7 Å². The maximum absolute atomic E-state index is 5.18. The summed E-state index contributed by atoms with van der Waals surface area (Å²) in [7, 11) is 1.62. The number of hydrogen-bond donors (Lipinski definition) is 2. The van der Waals surface area contributed by atoms with Crippen molar-refractivity contribution < 1.29 is 4.74 Å². The van der Waals surface area contributed by atoms with Gasteiger partial charge in [0.1, 0.15) is 5.82 Å². The second-order valence-electron chi connectivity index (χ2n) is 4.65. The lowest BCUT2D eigenvalue weighted by atomic mass is 10.1. The third kappa shape index (κ3) is 2.34. The minimum atomic E-state index is 0.480. The molecule has 5 nitrogen and oxygen atoms in total. The first kappa shape index (κ1) is 10.8. The third-order valence-electron chi connectivity index (χ3n) is 3.26. The molecule has 2 N–H and O–H groups in total. The minimum absolute atomic E-state index is 0.480. The number of hydrogen-bond acceptors (Lipinski definition) is 5. The number of anilines is 1. The normalized spacial score (nSPS) is 19.4. The van der Waals surface area contributed by atoms with Crippen LogP contribution in [0.4, 0.5) is 5.82 Å². The van der Waals surface area contributed by atoms with Gasteiger partial charge in [0.15, 0.2) is 0 Å². The van der Waals surface area contributed by atoms with Crippen LogP contribution in [0.2, 0.25) is 0 Å². The Labute approximate surface area is 101 Å². The number of nitrogens with zero attached hydrogens (tertiary/aromatic N) is 2. The van der Waals surface area contributed by atoms with Crippen LogP contribution in [0.1, 0.15) is 24.1 Å². The Morgan fingerprint density at radius 3 is 2.82 bits per heavy atom. The van der Waals surface area contributed by atoms with E-state index in [4.69, 9.17) is 4.74 Å². The molecule has 1 aromatic rings. The summed E-state index contributed by atoms with van der Waals surface area (Å²) in [6, 6.07) is 1.09. The number of ether oxygens (including phenoxy) is 1. The fraction of sp³-hybridized carbons (Fsp3) is 0.667. The van der Waals surface area contributed by atoms with Crippen LogP contribution in [0.3, 0.4) is 0 Å². The van der Waals surface area contributed by atoms with Gasteiger partial charge in [0.05, 0.1) is 12.8 Å². The molecule has 0 spiro atoms. The Hall–Kier alpha value is -1.36. The van der Waals surface area contributed by atoms with Gasteiger partial charge in [0.2, 0.25) is 0 Å². The molecule has 0 bridgehead atoms. The van der Waals surface area contributed by atoms with Gasteiger partial charge in [-0.15, -0.1) is 0 Å². The average molecular weight is 234 g/mol. The summed E-state index contributed by atoms with van der Waals surface area (Å²) >= 11 is 0. The van der Waals surface area contributed by atoms with Gasteiger partial charge in [-0.3, -0.25) is 0 Å². The number of rotatable bonds is 3. The predicted molar refractivity (Wildman–Crippen MR) is 65.5 cm³/mol. The molecule has 0 radical (unpaired) electrons. The van der Waals surface area contributed by atoms with Crippen LogP contribution >= 0.6 is 0 Å². The molecule has 0 amide bonds. The molecule has 0 atom stereocenters. The molecular formula is C12H18N4O. The quantitative estimate of drug-likeness (QED) is 0.808. The first-order chi connectivity index (χ1) is 8.36. The Morgan fingerprint density at radius 1 is 1.24 bits per heavy atom. The molecule has 1 fully saturated rings. The Bertz CT molecular complexity index is 417. The maximum atomic E-state index is 5.18. The average Bonchev–Trinajstić information content (AvgIpc) is 3.14. The molecule has 0 aromatic carbocycles. The smallest absolute Gasteiger partial charge is 0.318 e. The highest BCUT2D eigenvalue weighted by molar-refractivity contribution is 5.49. The van der Waals surface area contributed by atoms with Crippen molar-refractivity contribution in [3.8, 4) is 6.01 Å². The highest BCUT2D eigenvalue weighted by Gasteiger charge is 2.25. The Balaban J connectivity index is 1.97. The second kappa shape index (κ2) is 4.49. The standard InChI is InChI=1S/C12H18N4O/c1-17-12-15-10-5-7-13-6-4-9(10)11(16-12)14-8-2-3-8/h8,13H,2-7H2,1H3,(H,14,15,16). The number of fused-ring (bicyclic) bond motifs is 1. The minimum Gasteiger partial charge on any atom is -0.467 e. The molecule has 1 saturated carbocycles. The van der Waals surface area contributed by atoms with Crippen LogP contribution < -0.4 is 15.4 Å². The lowest BCUT2D eigenvalue weighted by molar-refractivity contribution is 0.378. The predicted octanol–water partition coefficient (Wildman–Crippen LogP) is 0.748. The second-order valence-corrected chi connectivity index (χ2v) is 4.65. The zero-order valence-corrected chi connectivity index (χ0v) is 10.1. The van der Waals surface area contributed by atoms with Crippen molar-refractivity contribution in [2.24, 2.45) is 0 Å². The van der Waals surface area contributed by atoms with Gasteiger partial charge >= 0.3 is 6.01 Å². The summed E-state index contributed by atoms with van der Waals surface area (Å²) in [5, 5.41) is 6.88. The zero-order valence-electron chi connectivity index (χ0n) is 10.1. The van der Waals surface area contributed by atoms with Crippen molar-refractivity contribution in [2.75, 3.05) is 25.5 Å². The van der Waals surface area contributed by atoms with Crippen LogP contribution in [-0.4, -0.2) is 36.2 Å². The van der Waals surface area contributed by atoms with Gasteiger partial charge in [-0.1, -0.05) is 0 Å². The maximum Gasteiger partial charge on any atom is 0.318 e. The largest absolute Gasteiger partial charge is 0.467 e. The van der Waals surface area contributed by atoms with Crippen LogP contribution in [0.15, 0.2) is 0 Å². The molecular weight excluding hydrogens is 216 g/mol. The first-order valence-corrected chi connectivity index (χ1v) is 6.28. The van der Waals surface area contributed by atoms with E-state index in [9.17, 15) is 0 Å².